The van der Waals surface area contributed by atoms with Gasteiger partial charge in [0.2, 0.25) is 11.5 Å². The number of hydrogen-bond acceptors (Lipinski definition) is 6. The molecule has 11 heteroatoms. The fourth-order valence-electron chi connectivity index (χ4n) is 5.45. The molecule has 2 aromatic rings. The minimum atomic E-state index is -1.86. The lowest BCUT2D eigenvalue weighted by molar-refractivity contribution is -0.149. The molecule has 1 saturated heterocycles. The first-order valence-corrected chi connectivity index (χ1v) is 12.9. The number of Topliss-reactive ketones (excluding diaryl/α,β-unsaturated/α-hetero) is 1. The van der Waals surface area contributed by atoms with Crippen molar-refractivity contribution in [1.82, 2.24) is 15.1 Å². The molecule has 206 valence electrons. The second-order valence-corrected chi connectivity index (χ2v) is 10.2. The van der Waals surface area contributed by atoms with Crippen molar-refractivity contribution < 1.29 is 33.0 Å². The van der Waals surface area contributed by atoms with Gasteiger partial charge in [-0.25, -0.2) is 9.18 Å². The smallest absolute Gasteiger partial charge is 0.319 e. The van der Waals surface area contributed by atoms with Crippen LogP contribution in [0.2, 0.25) is 0 Å². The first kappa shape index (κ1) is 26.6. The number of rotatable bonds is 8. The topological polar surface area (TPSA) is 117 Å². The van der Waals surface area contributed by atoms with Gasteiger partial charge in [-0.05, 0) is 49.4 Å². The van der Waals surface area contributed by atoms with E-state index in [1.807, 2.05) is 6.92 Å². The van der Waals surface area contributed by atoms with Crippen molar-refractivity contribution in [1.29, 1.82) is 0 Å². The molecular formula is C28H31FN4O6. The van der Waals surface area contributed by atoms with Crippen LogP contribution in [-0.4, -0.2) is 66.9 Å². The quantitative estimate of drug-likeness (QED) is 0.499. The third-order valence-electron chi connectivity index (χ3n) is 7.78. The standard InChI is InChI=1S/C28H31FN4O6/c1-16(18-6-7-18)33(13-17-4-8-19(29)9-5-17)24(35)14-32-15-39-28(26(32)36)21-10-11-22(31-27(37)30-2)25(38-3)20(21)12-23(28)34/h4-5,8-11,16,18H,6-7,12-15H2,1-3H3,(H2,30,31,37). The molecule has 0 bridgehead atoms. The molecule has 1 spiro atoms. The normalized spacial score (nSPS) is 20.7. The number of ether oxygens (including phenoxy) is 2. The zero-order valence-corrected chi connectivity index (χ0v) is 22.1. The predicted octanol–water partition coefficient (Wildman–Crippen LogP) is 2.55. The maximum atomic E-state index is 13.7. The lowest BCUT2D eigenvalue weighted by Gasteiger charge is -2.31. The molecule has 2 N–H and O–H groups in total. The van der Waals surface area contributed by atoms with E-state index < -0.39 is 23.3 Å². The Morgan fingerprint density at radius 2 is 1.92 bits per heavy atom. The Morgan fingerprint density at radius 3 is 2.56 bits per heavy atom. The number of methoxy groups -OCH3 is 1. The van der Waals surface area contributed by atoms with Crippen molar-refractivity contribution in [2.24, 2.45) is 5.92 Å². The lowest BCUT2D eigenvalue weighted by atomic mass is 9.93. The van der Waals surface area contributed by atoms with Crippen molar-refractivity contribution >= 4 is 29.3 Å². The summed E-state index contributed by atoms with van der Waals surface area (Å²) in [7, 11) is 2.89. The molecule has 2 fully saturated rings. The Kier molecular flexibility index (Phi) is 7.02. The van der Waals surface area contributed by atoms with Gasteiger partial charge in [-0.15, -0.1) is 0 Å². The SMILES string of the molecule is CNC(=O)Nc1ccc2c(c1OC)CC(=O)C21OCN(CC(=O)N(Cc2ccc(F)cc2)C(C)C2CC2)C1=O. The van der Waals surface area contributed by atoms with Gasteiger partial charge in [0.25, 0.3) is 5.91 Å². The molecular weight excluding hydrogens is 507 g/mol. The predicted molar refractivity (Wildman–Crippen MR) is 138 cm³/mol. The van der Waals surface area contributed by atoms with Crippen LogP contribution in [0.15, 0.2) is 36.4 Å². The molecule has 0 radical (unpaired) electrons. The number of anilines is 1. The van der Waals surface area contributed by atoms with Crippen LogP contribution in [0.4, 0.5) is 14.9 Å². The average Bonchev–Trinajstić information content (AvgIpc) is 3.67. The number of urea groups is 1. The third kappa shape index (κ3) is 4.71. The van der Waals surface area contributed by atoms with Crippen LogP contribution >= 0.6 is 0 Å². The third-order valence-corrected chi connectivity index (χ3v) is 7.78. The van der Waals surface area contributed by atoms with Crippen LogP contribution in [0.3, 0.4) is 0 Å². The molecule has 1 heterocycles. The van der Waals surface area contributed by atoms with Gasteiger partial charge in [0.1, 0.15) is 24.8 Å². The number of halogens is 1. The van der Waals surface area contributed by atoms with Gasteiger partial charge in [-0.2, -0.15) is 0 Å². The fourth-order valence-corrected chi connectivity index (χ4v) is 5.45. The summed E-state index contributed by atoms with van der Waals surface area (Å²) in [4.78, 5) is 55.4. The molecule has 0 aromatic heterocycles. The zero-order chi connectivity index (χ0) is 27.9. The van der Waals surface area contributed by atoms with Crippen molar-refractivity contribution in [2.75, 3.05) is 32.7 Å². The second-order valence-electron chi connectivity index (χ2n) is 10.2. The van der Waals surface area contributed by atoms with Gasteiger partial charge < -0.3 is 29.9 Å². The van der Waals surface area contributed by atoms with E-state index >= 15 is 0 Å². The Balaban J connectivity index is 1.38. The highest BCUT2D eigenvalue weighted by molar-refractivity contribution is 6.15. The Labute approximate surface area is 225 Å². The first-order valence-electron chi connectivity index (χ1n) is 12.9. The van der Waals surface area contributed by atoms with Crippen LogP contribution < -0.4 is 15.4 Å². The minimum absolute atomic E-state index is 0.0560. The summed E-state index contributed by atoms with van der Waals surface area (Å²) < 4.78 is 24.8. The van der Waals surface area contributed by atoms with E-state index in [1.165, 1.54) is 31.2 Å². The van der Waals surface area contributed by atoms with E-state index in [4.69, 9.17) is 9.47 Å². The molecule has 1 aliphatic heterocycles. The van der Waals surface area contributed by atoms with E-state index in [2.05, 4.69) is 10.6 Å². The Morgan fingerprint density at radius 1 is 1.21 bits per heavy atom. The fraction of sp³-hybridized carbons (Fsp3) is 0.429. The highest BCUT2D eigenvalue weighted by atomic mass is 19.1. The van der Waals surface area contributed by atoms with E-state index in [0.717, 1.165) is 18.4 Å². The number of amides is 4. The molecule has 10 nitrogen and oxygen atoms in total. The Bertz CT molecular complexity index is 1330. The van der Waals surface area contributed by atoms with Gasteiger partial charge in [-0.1, -0.05) is 18.2 Å². The van der Waals surface area contributed by atoms with Crippen molar-refractivity contribution in [3.63, 3.8) is 0 Å². The van der Waals surface area contributed by atoms with Crippen LogP contribution in [0.25, 0.3) is 0 Å². The number of carbonyl (C=O) groups excluding carboxylic acids is 4. The van der Waals surface area contributed by atoms with Gasteiger partial charge in [-0.3, -0.25) is 14.4 Å². The number of ketones is 1. The molecule has 2 aliphatic carbocycles. The molecule has 2 atom stereocenters. The number of fused-ring (bicyclic) bond motifs is 2. The number of nitrogens with zero attached hydrogens (tertiary/aromatic N) is 2. The van der Waals surface area contributed by atoms with Crippen LogP contribution in [0, 0.1) is 11.7 Å². The molecule has 2 aromatic carbocycles. The summed E-state index contributed by atoms with van der Waals surface area (Å²) in [6.07, 6.45) is 1.92. The summed E-state index contributed by atoms with van der Waals surface area (Å²) in [5, 5.41) is 5.10. The average molecular weight is 539 g/mol. The van der Waals surface area contributed by atoms with Crippen LogP contribution in [0.5, 0.6) is 5.75 Å². The first-order chi connectivity index (χ1) is 18.7. The van der Waals surface area contributed by atoms with E-state index in [-0.39, 0.29) is 49.8 Å². The highest BCUT2D eigenvalue weighted by Crippen LogP contribution is 2.47. The molecule has 4 amide bonds. The van der Waals surface area contributed by atoms with Crippen molar-refractivity contribution in [2.45, 2.75) is 44.4 Å². The van der Waals surface area contributed by atoms with E-state index in [0.29, 0.717) is 22.7 Å². The van der Waals surface area contributed by atoms with Gasteiger partial charge >= 0.3 is 6.03 Å². The van der Waals surface area contributed by atoms with Gasteiger partial charge in [0.15, 0.2) is 5.78 Å². The summed E-state index contributed by atoms with van der Waals surface area (Å²) in [6, 6.07) is 8.61. The van der Waals surface area contributed by atoms with E-state index in [9.17, 15) is 23.6 Å². The molecule has 39 heavy (non-hydrogen) atoms. The summed E-state index contributed by atoms with van der Waals surface area (Å²) in [5.74, 6) is -1.04. The minimum Gasteiger partial charge on any atom is -0.494 e. The van der Waals surface area contributed by atoms with Crippen molar-refractivity contribution in [3.8, 4) is 5.75 Å². The van der Waals surface area contributed by atoms with E-state index in [1.54, 1.807) is 29.2 Å². The number of benzene rings is 2. The van der Waals surface area contributed by atoms with Gasteiger partial charge in [0.05, 0.1) is 12.8 Å². The Hall–Kier alpha value is -3.99. The van der Waals surface area contributed by atoms with Crippen LogP contribution in [-0.2, 0) is 37.7 Å². The van der Waals surface area contributed by atoms with Crippen LogP contribution in [0.1, 0.15) is 36.5 Å². The summed E-state index contributed by atoms with van der Waals surface area (Å²) in [6.45, 7) is 1.79. The van der Waals surface area contributed by atoms with Gasteiger partial charge in [0, 0.05) is 37.2 Å². The molecule has 3 aliphatic rings. The zero-order valence-electron chi connectivity index (χ0n) is 22.1. The molecule has 1 saturated carbocycles. The van der Waals surface area contributed by atoms with Crippen molar-refractivity contribution in [3.05, 3.63) is 58.9 Å². The maximum Gasteiger partial charge on any atom is 0.319 e. The lowest BCUT2D eigenvalue weighted by Crippen LogP contribution is -2.48. The summed E-state index contributed by atoms with van der Waals surface area (Å²) in [5.41, 5.74) is 0.0759. The summed E-state index contributed by atoms with van der Waals surface area (Å²) >= 11 is 0. The largest absolute Gasteiger partial charge is 0.494 e. The maximum absolute atomic E-state index is 13.7. The number of hydrogen-bond donors (Lipinski definition) is 2. The number of nitrogens with one attached hydrogen (secondary N) is 2. The molecule has 5 rings (SSSR count). The second kappa shape index (κ2) is 10.3. The molecule has 2 unspecified atom stereocenters. The number of carbonyl (C=O) groups is 4. The monoisotopic (exact) mass is 538 g/mol. The highest BCUT2D eigenvalue weighted by Gasteiger charge is 2.60.